The van der Waals surface area contributed by atoms with Gasteiger partial charge in [0.15, 0.2) is 0 Å². The standard InChI is InChI=1S/C33H34N2O5/c1-18-24-13-26-30(22-8-5-4-6-9-22)20(3)39-32(26)19(2)31(24)40-33(38)25(18)14-29(37)34-15-21-12-23(17-34)27-10-7-11-28(36)35(27)16-21/h4-6,8-9,13,21,23,27H,7,10-12,14-17H2,1-3H3/t21-,23+,27?/m1/s1. The molecule has 5 heterocycles. The molecule has 0 spiro atoms. The van der Waals surface area contributed by atoms with E-state index in [1.54, 1.807) is 0 Å². The lowest BCUT2D eigenvalue weighted by Crippen LogP contribution is -2.61. The smallest absolute Gasteiger partial charge is 0.340 e. The fourth-order valence-corrected chi connectivity index (χ4v) is 7.62. The van der Waals surface area contributed by atoms with E-state index in [1.807, 2.05) is 49.9 Å². The third kappa shape index (κ3) is 3.89. The molecule has 40 heavy (non-hydrogen) atoms. The Morgan fingerprint density at radius 3 is 2.52 bits per heavy atom. The second-order valence-corrected chi connectivity index (χ2v) is 12.0. The van der Waals surface area contributed by atoms with Crippen LogP contribution < -0.4 is 5.63 Å². The first-order chi connectivity index (χ1) is 19.3. The minimum absolute atomic E-state index is 0.0178. The Labute approximate surface area is 232 Å². The molecule has 2 aromatic carbocycles. The Kier molecular flexibility index (Phi) is 5.88. The second-order valence-electron chi connectivity index (χ2n) is 12.0. The van der Waals surface area contributed by atoms with Gasteiger partial charge in [-0.25, -0.2) is 4.79 Å². The van der Waals surface area contributed by atoms with Crippen LogP contribution in [0.1, 0.15) is 48.1 Å². The molecule has 7 rings (SSSR count). The van der Waals surface area contributed by atoms with Gasteiger partial charge in [0.1, 0.15) is 16.9 Å². The van der Waals surface area contributed by atoms with Crippen molar-refractivity contribution in [2.45, 2.75) is 58.9 Å². The zero-order chi connectivity index (χ0) is 27.7. The van der Waals surface area contributed by atoms with Gasteiger partial charge < -0.3 is 18.6 Å². The number of likely N-dealkylation sites (tertiary alicyclic amines) is 1. The van der Waals surface area contributed by atoms with E-state index in [2.05, 4.69) is 17.0 Å². The number of amides is 2. The molecule has 0 radical (unpaired) electrons. The SMILES string of the molecule is Cc1oc2c(C)c3oc(=O)c(CC(=O)N4C[C@H]5C[C@@H](C4)C4CCCC(=O)N4C5)c(C)c3cc2c1-c1ccccc1. The second kappa shape index (κ2) is 9.36. The number of rotatable bonds is 3. The first-order valence-corrected chi connectivity index (χ1v) is 14.4. The van der Waals surface area contributed by atoms with Gasteiger partial charge in [-0.2, -0.15) is 0 Å². The van der Waals surface area contributed by atoms with Crippen molar-refractivity contribution in [3.05, 3.63) is 69.3 Å². The molecule has 1 unspecified atom stereocenters. The molecule has 0 saturated carbocycles. The van der Waals surface area contributed by atoms with Crippen molar-refractivity contribution in [2.24, 2.45) is 11.8 Å². The molecular weight excluding hydrogens is 504 g/mol. The molecule has 206 valence electrons. The van der Waals surface area contributed by atoms with Crippen LogP contribution in [0.3, 0.4) is 0 Å². The van der Waals surface area contributed by atoms with E-state index in [-0.39, 0.29) is 24.3 Å². The average Bonchev–Trinajstić information content (AvgIpc) is 3.28. The van der Waals surface area contributed by atoms with Gasteiger partial charge in [-0.15, -0.1) is 0 Å². The Balaban J connectivity index is 1.23. The first kappa shape index (κ1) is 25.1. The van der Waals surface area contributed by atoms with E-state index in [4.69, 9.17) is 8.83 Å². The van der Waals surface area contributed by atoms with Crippen LogP contribution in [0.15, 0.2) is 50.0 Å². The van der Waals surface area contributed by atoms with Crippen LogP contribution in [0.25, 0.3) is 33.1 Å². The number of aryl methyl sites for hydroxylation is 3. The quantitative estimate of drug-likeness (QED) is 0.320. The fourth-order valence-electron chi connectivity index (χ4n) is 7.62. The molecule has 7 nitrogen and oxygen atoms in total. The summed E-state index contributed by atoms with van der Waals surface area (Å²) >= 11 is 0. The Morgan fingerprint density at radius 2 is 1.73 bits per heavy atom. The molecule has 3 saturated heterocycles. The largest absolute Gasteiger partial charge is 0.460 e. The van der Waals surface area contributed by atoms with Crippen LogP contribution in [-0.4, -0.2) is 47.3 Å². The van der Waals surface area contributed by atoms with Crippen LogP contribution in [0.2, 0.25) is 0 Å². The number of piperidine rings is 3. The van der Waals surface area contributed by atoms with Gasteiger partial charge in [0.25, 0.3) is 0 Å². The highest BCUT2D eigenvalue weighted by atomic mass is 16.4. The summed E-state index contributed by atoms with van der Waals surface area (Å²) in [7, 11) is 0. The number of fused-ring (bicyclic) bond motifs is 6. The van der Waals surface area contributed by atoms with Crippen molar-refractivity contribution < 1.29 is 18.4 Å². The summed E-state index contributed by atoms with van der Waals surface area (Å²) in [4.78, 5) is 43.4. The third-order valence-electron chi connectivity index (χ3n) is 9.56. The molecular formula is C33H34N2O5. The zero-order valence-electron chi connectivity index (χ0n) is 23.3. The molecule has 3 aliphatic rings. The molecule has 2 bridgehead atoms. The Hall–Kier alpha value is -3.87. The van der Waals surface area contributed by atoms with Gasteiger partial charge >= 0.3 is 5.63 Å². The van der Waals surface area contributed by atoms with Gasteiger partial charge in [-0.05, 0) is 69.1 Å². The minimum Gasteiger partial charge on any atom is -0.460 e. The summed E-state index contributed by atoms with van der Waals surface area (Å²) in [6.45, 7) is 7.81. The van der Waals surface area contributed by atoms with E-state index >= 15 is 0 Å². The molecule has 0 N–H and O–H groups in total. The summed E-state index contributed by atoms with van der Waals surface area (Å²) < 4.78 is 12.1. The Bertz CT molecular complexity index is 1730. The maximum Gasteiger partial charge on any atom is 0.340 e. The summed E-state index contributed by atoms with van der Waals surface area (Å²) in [6.07, 6.45) is 3.68. The number of nitrogens with zero attached hydrogens (tertiary/aromatic N) is 2. The number of carbonyl (C=O) groups excluding carboxylic acids is 2. The molecule has 3 fully saturated rings. The van der Waals surface area contributed by atoms with Crippen LogP contribution in [0.4, 0.5) is 0 Å². The topological polar surface area (TPSA) is 84.0 Å². The van der Waals surface area contributed by atoms with Gasteiger partial charge in [-0.1, -0.05) is 30.3 Å². The zero-order valence-corrected chi connectivity index (χ0v) is 23.3. The molecule has 2 amide bonds. The lowest BCUT2D eigenvalue weighted by atomic mass is 9.76. The first-order valence-electron chi connectivity index (χ1n) is 14.4. The normalized spacial score (nSPS) is 22.7. The summed E-state index contributed by atoms with van der Waals surface area (Å²) in [6, 6.07) is 12.4. The van der Waals surface area contributed by atoms with Crippen LogP contribution in [0.5, 0.6) is 0 Å². The number of carbonyl (C=O) groups is 2. The molecule has 3 atom stereocenters. The molecule has 0 aliphatic carbocycles. The van der Waals surface area contributed by atoms with Crippen molar-refractivity contribution in [1.29, 1.82) is 0 Å². The predicted molar refractivity (Wildman–Crippen MR) is 153 cm³/mol. The molecule has 2 aromatic heterocycles. The van der Waals surface area contributed by atoms with Crippen molar-refractivity contribution >= 4 is 33.8 Å². The number of benzene rings is 2. The molecule has 3 aliphatic heterocycles. The fraction of sp³-hybridized carbons (Fsp3) is 0.424. The predicted octanol–water partition coefficient (Wildman–Crippen LogP) is 5.53. The van der Waals surface area contributed by atoms with Gasteiger partial charge in [0.05, 0.1) is 12.0 Å². The van der Waals surface area contributed by atoms with Crippen LogP contribution >= 0.6 is 0 Å². The third-order valence-corrected chi connectivity index (χ3v) is 9.56. The van der Waals surface area contributed by atoms with E-state index in [0.717, 1.165) is 64.6 Å². The maximum absolute atomic E-state index is 13.6. The summed E-state index contributed by atoms with van der Waals surface area (Å²) in [5.74, 6) is 1.65. The van der Waals surface area contributed by atoms with Gasteiger partial charge in [-0.3, -0.25) is 9.59 Å². The highest BCUT2D eigenvalue weighted by molar-refractivity contribution is 6.06. The number of furan rings is 1. The van der Waals surface area contributed by atoms with Crippen LogP contribution in [-0.2, 0) is 16.0 Å². The van der Waals surface area contributed by atoms with E-state index in [9.17, 15) is 14.4 Å². The van der Waals surface area contributed by atoms with E-state index in [0.29, 0.717) is 48.1 Å². The number of hydrogen-bond acceptors (Lipinski definition) is 5. The highest BCUT2D eigenvalue weighted by Gasteiger charge is 2.44. The Morgan fingerprint density at radius 1 is 0.950 bits per heavy atom. The highest BCUT2D eigenvalue weighted by Crippen LogP contribution is 2.40. The lowest BCUT2D eigenvalue weighted by Gasteiger charge is -2.52. The number of hydrogen-bond donors (Lipinski definition) is 0. The van der Waals surface area contributed by atoms with Crippen molar-refractivity contribution in [1.82, 2.24) is 9.80 Å². The molecule has 7 heteroatoms. The van der Waals surface area contributed by atoms with Crippen LogP contribution in [0, 0.1) is 32.6 Å². The monoisotopic (exact) mass is 538 g/mol. The minimum atomic E-state index is -0.464. The van der Waals surface area contributed by atoms with Crippen molar-refractivity contribution in [3.63, 3.8) is 0 Å². The van der Waals surface area contributed by atoms with Crippen molar-refractivity contribution in [2.75, 3.05) is 19.6 Å². The van der Waals surface area contributed by atoms with Crippen molar-refractivity contribution in [3.8, 4) is 11.1 Å². The summed E-state index contributed by atoms with van der Waals surface area (Å²) in [5, 5.41) is 1.80. The van der Waals surface area contributed by atoms with Gasteiger partial charge in [0.2, 0.25) is 11.8 Å². The lowest BCUT2D eigenvalue weighted by molar-refractivity contribution is -0.148. The van der Waals surface area contributed by atoms with E-state index < -0.39 is 5.63 Å². The van der Waals surface area contributed by atoms with E-state index in [1.165, 1.54) is 0 Å². The maximum atomic E-state index is 13.6. The average molecular weight is 539 g/mol. The van der Waals surface area contributed by atoms with Gasteiger partial charge in [0, 0.05) is 54.0 Å². The summed E-state index contributed by atoms with van der Waals surface area (Å²) in [5.41, 5.74) is 4.83. The molecule has 4 aromatic rings.